The molecule has 1 atom stereocenters. The van der Waals surface area contributed by atoms with E-state index >= 15 is 0 Å². The average molecular weight is 363 g/mol. The number of rotatable bonds is 4. The number of carbonyl (C=O) groups is 1. The highest BCUT2D eigenvalue weighted by atomic mass is 35.5. The molecule has 0 fully saturated rings. The van der Waals surface area contributed by atoms with E-state index in [1.165, 1.54) is 37.3 Å². The number of hydrogen-bond donors (Lipinski definition) is 1. The highest BCUT2D eigenvalue weighted by Gasteiger charge is 2.19. The Kier molecular flexibility index (Phi) is 5.51. The summed E-state index contributed by atoms with van der Waals surface area (Å²) < 4.78 is 18.9. The topological polar surface area (TPSA) is 38.3 Å². The van der Waals surface area contributed by atoms with Crippen LogP contribution in [-0.4, -0.2) is 12.0 Å². The molecule has 2 aromatic carbocycles. The van der Waals surface area contributed by atoms with Crippen LogP contribution in [0.3, 0.4) is 0 Å². The van der Waals surface area contributed by atoms with Gasteiger partial charge in [-0.05, 0) is 31.2 Å². The minimum atomic E-state index is -0.934. The van der Waals surface area contributed by atoms with Crippen molar-refractivity contribution in [3.8, 4) is 5.75 Å². The van der Waals surface area contributed by atoms with Crippen LogP contribution in [0.25, 0.3) is 0 Å². The first-order valence-corrected chi connectivity index (χ1v) is 7.38. The zero-order valence-electron chi connectivity index (χ0n) is 11.4. The first-order valence-electron chi connectivity index (χ1n) is 6.25. The molecule has 116 valence electrons. The number of amides is 1. The average Bonchev–Trinajstić information content (AvgIpc) is 2.45. The molecule has 0 saturated heterocycles. The Morgan fingerprint density at radius 3 is 2.36 bits per heavy atom. The summed E-state index contributed by atoms with van der Waals surface area (Å²) in [5.74, 6) is -0.929. The van der Waals surface area contributed by atoms with Crippen LogP contribution in [0.5, 0.6) is 5.75 Å². The lowest BCUT2D eigenvalue weighted by molar-refractivity contribution is -0.122. The van der Waals surface area contributed by atoms with Crippen LogP contribution in [0.2, 0.25) is 15.1 Å². The standard InChI is InChI=1S/C15H11Cl3FNO2/c1-8(15(21)20-13-5-3-2-4-12(13)19)22-14-10(17)6-9(16)7-11(14)18/h2-8H,1H3,(H,20,21)/t8-/m1/s1. The zero-order valence-corrected chi connectivity index (χ0v) is 13.6. The fraction of sp³-hybridized carbons (Fsp3) is 0.133. The van der Waals surface area contributed by atoms with Crippen LogP contribution in [0.15, 0.2) is 36.4 Å². The molecular weight excluding hydrogens is 352 g/mol. The van der Waals surface area contributed by atoms with Gasteiger partial charge in [0.05, 0.1) is 15.7 Å². The van der Waals surface area contributed by atoms with Crippen molar-refractivity contribution in [2.24, 2.45) is 0 Å². The van der Waals surface area contributed by atoms with E-state index in [2.05, 4.69) is 5.32 Å². The van der Waals surface area contributed by atoms with E-state index in [1.54, 1.807) is 6.07 Å². The van der Waals surface area contributed by atoms with Crippen molar-refractivity contribution in [1.82, 2.24) is 0 Å². The van der Waals surface area contributed by atoms with E-state index in [-0.39, 0.29) is 21.5 Å². The van der Waals surface area contributed by atoms with Gasteiger partial charge < -0.3 is 10.1 Å². The number of carbonyl (C=O) groups excluding carboxylic acids is 1. The van der Waals surface area contributed by atoms with Gasteiger partial charge >= 0.3 is 0 Å². The van der Waals surface area contributed by atoms with Crippen LogP contribution >= 0.6 is 34.8 Å². The number of nitrogens with one attached hydrogen (secondary N) is 1. The Hall–Kier alpha value is -1.49. The molecule has 0 aliphatic heterocycles. The molecule has 0 aliphatic rings. The van der Waals surface area contributed by atoms with E-state index in [4.69, 9.17) is 39.5 Å². The van der Waals surface area contributed by atoms with Crippen molar-refractivity contribution in [1.29, 1.82) is 0 Å². The van der Waals surface area contributed by atoms with Gasteiger partial charge in [0, 0.05) is 5.02 Å². The van der Waals surface area contributed by atoms with Gasteiger partial charge in [-0.15, -0.1) is 0 Å². The molecule has 1 amide bonds. The van der Waals surface area contributed by atoms with E-state index < -0.39 is 17.8 Å². The molecule has 1 N–H and O–H groups in total. The van der Waals surface area contributed by atoms with Gasteiger partial charge in [0.25, 0.3) is 5.91 Å². The summed E-state index contributed by atoms with van der Waals surface area (Å²) in [5, 5.41) is 3.15. The monoisotopic (exact) mass is 361 g/mol. The number of ether oxygens (including phenoxy) is 1. The molecule has 0 aromatic heterocycles. The lowest BCUT2D eigenvalue weighted by atomic mass is 10.2. The van der Waals surface area contributed by atoms with Crippen LogP contribution in [0.1, 0.15) is 6.92 Å². The molecule has 2 aromatic rings. The molecule has 3 nitrogen and oxygen atoms in total. The van der Waals surface area contributed by atoms with E-state index in [1.807, 2.05) is 0 Å². The number of hydrogen-bond acceptors (Lipinski definition) is 2. The molecule has 0 spiro atoms. The number of halogens is 4. The van der Waals surface area contributed by atoms with Gasteiger partial charge in [0.15, 0.2) is 11.9 Å². The SMILES string of the molecule is C[C@@H](Oc1c(Cl)cc(Cl)cc1Cl)C(=O)Nc1ccccc1F. The number of anilines is 1. The molecule has 0 saturated carbocycles. The van der Waals surface area contributed by atoms with E-state index in [9.17, 15) is 9.18 Å². The Balaban J connectivity index is 2.11. The quantitative estimate of drug-likeness (QED) is 0.812. The summed E-state index contributed by atoms with van der Waals surface area (Å²) >= 11 is 17.8. The molecule has 0 aliphatic carbocycles. The summed E-state index contributed by atoms with van der Waals surface area (Å²) in [6, 6.07) is 8.73. The highest BCUT2D eigenvalue weighted by molar-refractivity contribution is 6.40. The third kappa shape index (κ3) is 4.03. The van der Waals surface area contributed by atoms with Crippen LogP contribution in [0.4, 0.5) is 10.1 Å². The predicted octanol–water partition coefficient (Wildman–Crippen LogP) is 5.19. The first kappa shape index (κ1) is 16.9. The third-order valence-corrected chi connectivity index (χ3v) is 3.54. The van der Waals surface area contributed by atoms with Gasteiger partial charge in [0.1, 0.15) is 5.82 Å². The second-order valence-corrected chi connectivity index (χ2v) is 5.68. The van der Waals surface area contributed by atoms with Crippen molar-refractivity contribution in [3.05, 3.63) is 57.3 Å². The zero-order chi connectivity index (χ0) is 16.3. The number of benzene rings is 2. The van der Waals surface area contributed by atoms with E-state index in [0.717, 1.165) is 0 Å². The predicted molar refractivity (Wildman–Crippen MR) is 86.6 cm³/mol. The second kappa shape index (κ2) is 7.18. The Bertz CT molecular complexity index is 686. The Morgan fingerprint density at radius 2 is 1.77 bits per heavy atom. The second-order valence-electron chi connectivity index (χ2n) is 4.43. The molecular formula is C15H11Cl3FNO2. The molecule has 0 bridgehead atoms. The molecule has 7 heteroatoms. The van der Waals surface area contributed by atoms with Gasteiger partial charge in [-0.25, -0.2) is 4.39 Å². The van der Waals surface area contributed by atoms with Crippen LogP contribution in [0, 0.1) is 5.82 Å². The van der Waals surface area contributed by atoms with E-state index in [0.29, 0.717) is 5.02 Å². The molecule has 0 unspecified atom stereocenters. The van der Waals surface area contributed by atoms with Crippen molar-refractivity contribution in [2.75, 3.05) is 5.32 Å². The summed E-state index contributed by atoms with van der Waals surface area (Å²) in [6.07, 6.45) is -0.934. The summed E-state index contributed by atoms with van der Waals surface area (Å²) in [7, 11) is 0. The summed E-state index contributed by atoms with van der Waals surface area (Å²) in [6.45, 7) is 1.50. The van der Waals surface area contributed by atoms with Gasteiger partial charge in [-0.2, -0.15) is 0 Å². The van der Waals surface area contributed by atoms with Crippen molar-refractivity contribution >= 4 is 46.4 Å². The third-order valence-electron chi connectivity index (χ3n) is 2.76. The molecule has 22 heavy (non-hydrogen) atoms. The minimum absolute atomic E-state index is 0.0660. The van der Waals surface area contributed by atoms with Gasteiger partial charge in [0.2, 0.25) is 0 Å². The maximum atomic E-state index is 13.5. The van der Waals surface area contributed by atoms with Crippen LogP contribution < -0.4 is 10.1 Å². The smallest absolute Gasteiger partial charge is 0.265 e. The lowest BCUT2D eigenvalue weighted by Gasteiger charge is -2.17. The Labute approximate surface area is 141 Å². The van der Waals surface area contributed by atoms with Crippen molar-refractivity contribution in [3.63, 3.8) is 0 Å². The number of para-hydroxylation sites is 1. The molecule has 0 heterocycles. The molecule has 0 radical (unpaired) electrons. The highest BCUT2D eigenvalue weighted by Crippen LogP contribution is 2.36. The Morgan fingerprint density at radius 1 is 1.18 bits per heavy atom. The summed E-state index contributed by atoms with van der Waals surface area (Å²) in [5.41, 5.74) is 0.0660. The van der Waals surface area contributed by atoms with Crippen LogP contribution in [-0.2, 0) is 4.79 Å². The lowest BCUT2D eigenvalue weighted by Crippen LogP contribution is -2.30. The molecule has 2 rings (SSSR count). The maximum absolute atomic E-state index is 13.5. The van der Waals surface area contributed by atoms with Crippen molar-refractivity contribution in [2.45, 2.75) is 13.0 Å². The van der Waals surface area contributed by atoms with Crippen molar-refractivity contribution < 1.29 is 13.9 Å². The van der Waals surface area contributed by atoms with Gasteiger partial charge in [-0.3, -0.25) is 4.79 Å². The maximum Gasteiger partial charge on any atom is 0.265 e. The fourth-order valence-corrected chi connectivity index (χ4v) is 2.57. The minimum Gasteiger partial charge on any atom is -0.478 e. The first-order chi connectivity index (χ1) is 10.4. The largest absolute Gasteiger partial charge is 0.478 e. The summed E-state index contributed by atoms with van der Waals surface area (Å²) in [4.78, 5) is 12.0. The van der Waals surface area contributed by atoms with Gasteiger partial charge in [-0.1, -0.05) is 46.9 Å². The normalized spacial score (nSPS) is 11.9. The fourth-order valence-electron chi connectivity index (χ4n) is 1.67.